The monoisotopic (exact) mass is 270 g/mol. The van der Waals surface area contributed by atoms with Gasteiger partial charge in [-0.25, -0.2) is 0 Å². The van der Waals surface area contributed by atoms with Crippen molar-refractivity contribution in [3.05, 3.63) is 51.2 Å². The van der Waals surface area contributed by atoms with Crippen LogP contribution in [-0.4, -0.2) is 5.11 Å². The van der Waals surface area contributed by atoms with Gasteiger partial charge in [-0.3, -0.25) is 0 Å². The number of thiophene rings is 1. The maximum absolute atomic E-state index is 9.03. The molecule has 0 radical (unpaired) electrons. The van der Waals surface area contributed by atoms with Gasteiger partial charge < -0.3 is 5.11 Å². The van der Waals surface area contributed by atoms with E-state index in [2.05, 4.69) is 12.1 Å². The molecule has 2 aromatic rings. The van der Waals surface area contributed by atoms with Crippen LogP contribution in [0, 0.1) is 0 Å². The lowest BCUT2D eigenvalue weighted by Gasteiger charge is -2.01. The van der Waals surface area contributed by atoms with Crippen LogP contribution in [0.3, 0.4) is 0 Å². The second-order valence-electron chi connectivity index (χ2n) is 3.30. The molecular weight excluding hydrogens is 260 g/mol. The SMILES string of the molecule is OCc1cccc(SCc2ccc(Cl)s2)c1. The average molecular weight is 271 g/mol. The topological polar surface area (TPSA) is 20.2 Å². The largest absolute Gasteiger partial charge is 0.392 e. The number of hydrogen-bond donors (Lipinski definition) is 1. The van der Waals surface area contributed by atoms with E-state index in [4.69, 9.17) is 16.7 Å². The Labute approximate surface area is 108 Å². The van der Waals surface area contributed by atoms with Gasteiger partial charge in [-0.1, -0.05) is 23.7 Å². The number of benzene rings is 1. The molecule has 0 amide bonds. The Morgan fingerprint density at radius 2 is 2.12 bits per heavy atom. The highest BCUT2D eigenvalue weighted by Gasteiger charge is 2.00. The van der Waals surface area contributed by atoms with Crippen molar-refractivity contribution in [2.45, 2.75) is 17.3 Å². The van der Waals surface area contributed by atoms with Gasteiger partial charge in [0, 0.05) is 15.5 Å². The molecule has 0 bridgehead atoms. The number of thioether (sulfide) groups is 1. The average Bonchev–Trinajstić information content (AvgIpc) is 2.73. The van der Waals surface area contributed by atoms with E-state index in [0.29, 0.717) is 0 Å². The molecule has 1 heterocycles. The van der Waals surface area contributed by atoms with E-state index in [1.807, 2.05) is 24.3 Å². The zero-order chi connectivity index (χ0) is 11.4. The first-order valence-corrected chi connectivity index (χ1v) is 7.03. The van der Waals surface area contributed by atoms with Crippen LogP contribution < -0.4 is 0 Å². The van der Waals surface area contributed by atoms with E-state index in [9.17, 15) is 0 Å². The fourth-order valence-corrected chi connectivity index (χ4v) is 3.43. The van der Waals surface area contributed by atoms with Crippen LogP contribution in [0.2, 0.25) is 4.34 Å². The van der Waals surface area contributed by atoms with Gasteiger partial charge in [-0.2, -0.15) is 0 Å². The van der Waals surface area contributed by atoms with Crippen molar-refractivity contribution in [3.63, 3.8) is 0 Å². The molecule has 1 aromatic carbocycles. The molecule has 0 atom stereocenters. The maximum atomic E-state index is 9.03. The molecule has 0 fully saturated rings. The number of halogens is 1. The van der Waals surface area contributed by atoms with Gasteiger partial charge in [0.05, 0.1) is 10.9 Å². The highest BCUT2D eigenvalue weighted by Crippen LogP contribution is 2.29. The van der Waals surface area contributed by atoms with Gasteiger partial charge in [-0.15, -0.1) is 23.1 Å². The lowest BCUT2D eigenvalue weighted by atomic mass is 10.2. The van der Waals surface area contributed by atoms with Gasteiger partial charge >= 0.3 is 0 Å². The third-order valence-electron chi connectivity index (χ3n) is 2.09. The summed E-state index contributed by atoms with van der Waals surface area (Å²) >= 11 is 9.24. The molecule has 0 spiro atoms. The minimum absolute atomic E-state index is 0.0965. The standard InChI is InChI=1S/C12H11ClOS2/c13-12-5-4-11(16-12)8-15-10-3-1-2-9(6-10)7-14/h1-6,14H,7-8H2. The Bertz CT molecular complexity index is 468. The zero-order valence-electron chi connectivity index (χ0n) is 8.52. The highest BCUT2D eigenvalue weighted by atomic mass is 35.5. The lowest BCUT2D eigenvalue weighted by Crippen LogP contribution is -1.82. The lowest BCUT2D eigenvalue weighted by molar-refractivity contribution is 0.281. The number of rotatable bonds is 4. The quantitative estimate of drug-likeness (QED) is 0.841. The normalized spacial score (nSPS) is 10.6. The summed E-state index contributed by atoms with van der Waals surface area (Å²) in [7, 11) is 0. The van der Waals surface area contributed by atoms with Crippen LogP contribution in [0.4, 0.5) is 0 Å². The maximum Gasteiger partial charge on any atom is 0.0931 e. The Morgan fingerprint density at radius 1 is 1.25 bits per heavy atom. The minimum atomic E-state index is 0.0965. The molecule has 0 saturated carbocycles. The molecule has 2 rings (SSSR count). The van der Waals surface area contributed by atoms with Gasteiger partial charge in [0.15, 0.2) is 0 Å². The first kappa shape index (κ1) is 12.0. The Hall–Kier alpha value is -0.480. The summed E-state index contributed by atoms with van der Waals surface area (Å²) in [5, 5.41) is 9.03. The van der Waals surface area contributed by atoms with Gasteiger partial charge in [0.1, 0.15) is 0 Å². The van der Waals surface area contributed by atoms with E-state index >= 15 is 0 Å². The summed E-state index contributed by atoms with van der Waals surface area (Å²) in [4.78, 5) is 2.44. The molecule has 84 valence electrons. The highest BCUT2D eigenvalue weighted by molar-refractivity contribution is 7.98. The summed E-state index contributed by atoms with van der Waals surface area (Å²) in [6.07, 6.45) is 0. The fraction of sp³-hybridized carbons (Fsp3) is 0.167. The molecule has 0 aliphatic heterocycles. The van der Waals surface area contributed by atoms with E-state index in [1.165, 1.54) is 9.77 Å². The minimum Gasteiger partial charge on any atom is -0.392 e. The van der Waals surface area contributed by atoms with Crippen molar-refractivity contribution < 1.29 is 5.11 Å². The van der Waals surface area contributed by atoms with Gasteiger partial charge in [0.2, 0.25) is 0 Å². The molecule has 0 aliphatic carbocycles. The summed E-state index contributed by atoms with van der Waals surface area (Å²) in [6, 6.07) is 11.9. The third kappa shape index (κ3) is 3.25. The molecule has 4 heteroatoms. The molecule has 1 nitrogen and oxygen atoms in total. The molecule has 1 aromatic heterocycles. The number of aliphatic hydroxyl groups excluding tert-OH is 1. The van der Waals surface area contributed by atoms with Crippen LogP contribution in [-0.2, 0) is 12.4 Å². The molecule has 16 heavy (non-hydrogen) atoms. The van der Waals surface area contributed by atoms with E-state index in [0.717, 1.165) is 15.7 Å². The van der Waals surface area contributed by atoms with E-state index in [-0.39, 0.29) is 6.61 Å². The van der Waals surface area contributed by atoms with Crippen molar-refractivity contribution in [2.24, 2.45) is 0 Å². The van der Waals surface area contributed by atoms with Crippen LogP contribution >= 0.6 is 34.7 Å². The molecular formula is C12H11ClOS2. The summed E-state index contributed by atoms with van der Waals surface area (Å²) in [6.45, 7) is 0.0965. The Kier molecular flexibility index (Phi) is 4.29. The Morgan fingerprint density at radius 3 is 2.81 bits per heavy atom. The first-order chi connectivity index (χ1) is 7.78. The van der Waals surface area contributed by atoms with Crippen LogP contribution in [0.15, 0.2) is 41.3 Å². The summed E-state index contributed by atoms with van der Waals surface area (Å²) in [5.74, 6) is 0.923. The van der Waals surface area contributed by atoms with Crippen molar-refractivity contribution in [2.75, 3.05) is 0 Å². The molecule has 0 aliphatic rings. The second kappa shape index (κ2) is 5.73. The summed E-state index contributed by atoms with van der Waals surface area (Å²) in [5.41, 5.74) is 0.953. The van der Waals surface area contributed by atoms with Crippen molar-refractivity contribution in [3.8, 4) is 0 Å². The predicted molar refractivity (Wildman–Crippen MR) is 71.3 cm³/mol. The number of hydrogen-bond acceptors (Lipinski definition) is 3. The molecule has 1 N–H and O–H groups in total. The predicted octanol–water partition coefficient (Wildman–Crippen LogP) is 4.19. The summed E-state index contributed by atoms with van der Waals surface area (Å²) < 4.78 is 0.833. The van der Waals surface area contributed by atoms with E-state index in [1.54, 1.807) is 23.1 Å². The molecule has 0 unspecified atom stereocenters. The van der Waals surface area contributed by atoms with Crippen LogP contribution in [0.25, 0.3) is 0 Å². The van der Waals surface area contributed by atoms with E-state index < -0.39 is 0 Å². The smallest absolute Gasteiger partial charge is 0.0931 e. The number of aliphatic hydroxyl groups is 1. The van der Waals surface area contributed by atoms with Crippen LogP contribution in [0.1, 0.15) is 10.4 Å². The third-order valence-corrected chi connectivity index (χ3v) is 4.55. The van der Waals surface area contributed by atoms with Crippen molar-refractivity contribution in [1.82, 2.24) is 0 Å². The second-order valence-corrected chi connectivity index (χ2v) is 6.15. The van der Waals surface area contributed by atoms with Crippen molar-refractivity contribution >= 4 is 34.7 Å². The van der Waals surface area contributed by atoms with Gasteiger partial charge in [0.25, 0.3) is 0 Å². The first-order valence-electron chi connectivity index (χ1n) is 4.85. The molecule has 0 saturated heterocycles. The zero-order valence-corrected chi connectivity index (χ0v) is 10.9. The Balaban J connectivity index is 1.99. The fourth-order valence-electron chi connectivity index (χ4n) is 1.32. The van der Waals surface area contributed by atoms with Crippen LogP contribution in [0.5, 0.6) is 0 Å². The van der Waals surface area contributed by atoms with Crippen molar-refractivity contribution in [1.29, 1.82) is 0 Å². The van der Waals surface area contributed by atoms with Gasteiger partial charge in [-0.05, 0) is 29.8 Å².